The molecule has 2 rings (SSSR count). The maximum absolute atomic E-state index is 6.01. The van der Waals surface area contributed by atoms with Crippen LogP contribution >= 0.6 is 11.8 Å². The van der Waals surface area contributed by atoms with Crippen LogP contribution in [0.15, 0.2) is 35.2 Å². The number of hydrogen-bond acceptors (Lipinski definition) is 3. The van der Waals surface area contributed by atoms with Crippen molar-refractivity contribution in [2.75, 3.05) is 13.1 Å². The number of likely N-dealkylation sites (tertiary alicyclic amines) is 1. The van der Waals surface area contributed by atoms with Gasteiger partial charge >= 0.3 is 0 Å². The number of hydrogen-bond donors (Lipinski definition) is 1. The summed E-state index contributed by atoms with van der Waals surface area (Å²) in [5.41, 5.74) is 6.01. The number of benzene rings is 1. The Hall–Kier alpha value is -0.510. The first-order chi connectivity index (χ1) is 8.75. The van der Waals surface area contributed by atoms with E-state index in [9.17, 15) is 0 Å². The van der Waals surface area contributed by atoms with E-state index in [1.165, 1.54) is 37.2 Å². The van der Waals surface area contributed by atoms with Gasteiger partial charge in [0.15, 0.2) is 0 Å². The van der Waals surface area contributed by atoms with Gasteiger partial charge in [0.25, 0.3) is 0 Å². The van der Waals surface area contributed by atoms with Crippen LogP contribution in [0.4, 0.5) is 0 Å². The number of nitrogens with two attached hydrogens (primary N) is 1. The van der Waals surface area contributed by atoms with E-state index in [0.29, 0.717) is 5.37 Å². The van der Waals surface area contributed by atoms with E-state index >= 15 is 0 Å². The summed E-state index contributed by atoms with van der Waals surface area (Å²) >= 11 is 1.97. The SMILES string of the molecule is CC(N)CC(Sc1ccccc1)N1CCCCC1. The van der Waals surface area contributed by atoms with Gasteiger partial charge in [0.05, 0.1) is 5.37 Å². The highest BCUT2D eigenvalue weighted by Crippen LogP contribution is 2.30. The summed E-state index contributed by atoms with van der Waals surface area (Å²) in [6.45, 7) is 4.58. The molecule has 1 heterocycles. The minimum atomic E-state index is 0.271. The molecule has 2 atom stereocenters. The zero-order valence-electron chi connectivity index (χ0n) is 11.2. The first-order valence-electron chi connectivity index (χ1n) is 6.97. The standard InChI is InChI=1S/C15H24N2S/c1-13(16)12-15(17-10-6-3-7-11-17)18-14-8-4-2-5-9-14/h2,4-5,8-9,13,15H,3,6-7,10-12,16H2,1H3. The first kappa shape index (κ1) is 13.9. The second-order valence-corrected chi connectivity index (χ2v) is 6.45. The number of piperidine rings is 1. The molecule has 0 spiro atoms. The first-order valence-corrected chi connectivity index (χ1v) is 7.85. The van der Waals surface area contributed by atoms with Gasteiger partial charge in [0, 0.05) is 10.9 Å². The van der Waals surface area contributed by atoms with Crippen LogP contribution in [-0.4, -0.2) is 29.4 Å². The average Bonchev–Trinajstić information content (AvgIpc) is 2.40. The summed E-state index contributed by atoms with van der Waals surface area (Å²) < 4.78 is 0. The molecule has 0 bridgehead atoms. The second-order valence-electron chi connectivity index (χ2n) is 5.20. The fraction of sp³-hybridized carbons (Fsp3) is 0.600. The molecule has 3 heteroatoms. The van der Waals surface area contributed by atoms with Crippen molar-refractivity contribution in [2.24, 2.45) is 5.73 Å². The lowest BCUT2D eigenvalue weighted by Gasteiger charge is -2.35. The quantitative estimate of drug-likeness (QED) is 0.827. The molecule has 1 aliphatic heterocycles. The van der Waals surface area contributed by atoms with E-state index in [1.807, 2.05) is 11.8 Å². The molecule has 0 amide bonds. The molecule has 18 heavy (non-hydrogen) atoms. The lowest BCUT2D eigenvalue weighted by atomic mass is 10.1. The van der Waals surface area contributed by atoms with Crippen LogP contribution < -0.4 is 5.73 Å². The summed E-state index contributed by atoms with van der Waals surface area (Å²) in [4.78, 5) is 3.97. The largest absolute Gasteiger partial charge is 0.328 e. The fourth-order valence-electron chi connectivity index (χ4n) is 2.45. The predicted molar refractivity (Wildman–Crippen MR) is 79.8 cm³/mol. The lowest BCUT2D eigenvalue weighted by molar-refractivity contribution is 0.202. The molecule has 0 aliphatic carbocycles. The minimum Gasteiger partial charge on any atom is -0.328 e. The van der Waals surface area contributed by atoms with Crippen LogP contribution in [0.25, 0.3) is 0 Å². The number of thioether (sulfide) groups is 1. The fourth-order valence-corrected chi connectivity index (χ4v) is 3.84. The van der Waals surface area contributed by atoms with Gasteiger partial charge in [-0.3, -0.25) is 4.90 Å². The Bertz CT molecular complexity index is 334. The van der Waals surface area contributed by atoms with Crippen molar-refractivity contribution >= 4 is 11.8 Å². The molecule has 0 radical (unpaired) electrons. The van der Waals surface area contributed by atoms with Gasteiger partial charge in [-0.25, -0.2) is 0 Å². The third-order valence-corrected chi connectivity index (χ3v) is 4.69. The Morgan fingerprint density at radius 2 is 1.83 bits per heavy atom. The summed E-state index contributed by atoms with van der Waals surface area (Å²) in [7, 11) is 0. The number of rotatable bonds is 5. The predicted octanol–water partition coefficient (Wildman–Crippen LogP) is 3.33. The molecule has 2 N–H and O–H groups in total. The smallest absolute Gasteiger partial charge is 0.0619 e. The Morgan fingerprint density at radius 3 is 2.44 bits per heavy atom. The molecule has 1 aliphatic rings. The van der Waals surface area contributed by atoms with Crippen molar-refractivity contribution in [3.8, 4) is 0 Å². The third kappa shape index (κ3) is 4.30. The molecule has 0 aromatic heterocycles. The molecule has 1 saturated heterocycles. The van der Waals surface area contributed by atoms with Gasteiger partial charge in [-0.2, -0.15) is 0 Å². The molecular formula is C15H24N2S. The van der Waals surface area contributed by atoms with Gasteiger partial charge in [-0.15, -0.1) is 11.8 Å². The maximum atomic E-state index is 6.01. The van der Waals surface area contributed by atoms with Crippen molar-refractivity contribution in [3.05, 3.63) is 30.3 Å². The van der Waals surface area contributed by atoms with E-state index < -0.39 is 0 Å². The summed E-state index contributed by atoms with van der Waals surface area (Å²) in [5, 5.41) is 0.535. The van der Waals surface area contributed by atoms with Gasteiger partial charge < -0.3 is 5.73 Å². The molecule has 1 aromatic carbocycles. The second kappa shape index (κ2) is 7.17. The normalized spacial score (nSPS) is 20.6. The van der Waals surface area contributed by atoms with Gasteiger partial charge in [-0.05, 0) is 51.4 Å². The zero-order valence-corrected chi connectivity index (χ0v) is 12.0. The highest BCUT2D eigenvalue weighted by atomic mass is 32.2. The van der Waals surface area contributed by atoms with Gasteiger partial charge in [-0.1, -0.05) is 24.6 Å². The van der Waals surface area contributed by atoms with E-state index in [4.69, 9.17) is 5.73 Å². The molecule has 2 unspecified atom stereocenters. The Labute approximate surface area is 115 Å². The van der Waals surface area contributed by atoms with E-state index in [-0.39, 0.29) is 6.04 Å². The third-order valence-electron chi connectivity index (χ3n) is 3.39. The summed E-state index contributed by atoms with van der Waals surface area (Å²) in [6.07, 6.45) is 5.13. The summed E-state index contributed by atoms with van der Waals surface area (Å²) in [6, 6.07) is 11.0. The van der Waals surface area contributed by atoms with Crippen LogP contribution in [0.1, 0.15) is 32.6 Å². The molecular weight excluding hydrogens is 240 g/mol. The van der Waals surface area contributed by atoms with Gasteiger partial charge in [0.2, 0.25) is 0 Å². The zero-order chi connectivity index (χ0) is 12.8. The Morgan fingerprint density at radius 1 is 1.17 bits per heavy atom. The van der Waals surface area contributed by atoms with Gasteiger partial charge in [0.1, 0.15) is 0 Å². The van der Waals surface area contributed by atoms with Crippen molar-refractivity contribution in [1.82, 2.24) is 4.90 Å². The minimum absolute atomic E-state index is 0.271. The number of nitrogens with zero attached hydrogens (tertiary/aromatic N) is 1. The van der Waals surface area contributed by atoms with Crippen LogP contribution in [-0.2, 0) is 0 Å². The molecule has 2 nitrogen and oxygen atoms in total. The van der Waals surface area contributed by atoms with Crippen molar-refractivity contribution < 1.29 is 0 Å². The molecule has 100 valence electrons. The van der Waals surface area contributed by atoms with Crippen LogP contribution in [0.2, 0.25) is 0 Å². The molecule has 1 aromatic rings. The molecule has 0 saturated carbocycles. The topological polar surface area (TPSA) is 29.3 Å². The Kier molecular flexibility index (Phi) is 5.54. The lowest BCUT2D eigenvalue weighted by Crippen LogP contribution is -2.40. The van der Waals surface area contributed by atoms with Crippen molar-refractivity contribution in [3.63, 3.8) is 0 Å². The van der Waals surface area contributed by atoms with Crippen molar-refractivity contribution in [2.45, 2.75) is 48.9 Å². The van der Waals surface area contributed by atoms with E-state index in [2.05, 4.69) is 42.2 Å². The van der Waals surface area contributed by atoms with E-state index in [1.54, 1.807) is 0 Å². The average molecular weight is 264 g/mol. The Balaban J connectivity index is 1.99. The van der Waals surface area contributed by atoms with E-state index in [0.717, 1.165) is 6.42 Å². The van der Waals surface area contributed by atoms with Crippen molar-refractivity contribution in [1.29, 1.82) is 0 Å². The maximum Gasteiger partial charge on any atom is 0.0619 e. The molecule has 1 fully saturated rings. The highest BCUT2D eigenvalue weighted by Gasteiger charge is 2.22. The monoisotopic (exact) mass is 264 g/mol. The highest BCUT2D eigenvalue weighted by molar-refractivity contribution is 7.99. The van der Waals surface area contributed by atoms with Crippen LogP contribution in [0, 0.1) is 0 Å². The van der Waals surface area contributed by atoms with Crippen LogP contribution in [0.5, 0.6) is 0 Å². The summed E-state index contributed by atoms with van der Waals surface area (Å²) in [5.74, 6) is 0. The van der Waals surface area contributed by atoms with Crippen LogP contribution in [0.3, 0.4) is 0 Å².